The van der Waals surface area contributed by atoms with Crippen LogP contribution in [0.25, 0.3) is 6.08 Å². The topological polar surface area (TPSA) is 20.3 Å². The molecule has 2 heteroatoms. The van der Waals surface area contributed by atoms with Crippen molar-refractivity contribution in [3.63, 3.8) is 0 Å². The molecule has 0 amide bonds. The molecule has 0 radical (unpaired) electrons. The third-order valence-corrected chi connectivity index (χ3v) is 6.41. The molecule has 0 aromatic heterocycles. The molecule has 0 aliphatic heterocycles. The van der Waals surface area contributed by atoms with Crippen molar-refractivity contribution in [2.75, 3.05) is 19.0 Å². The molecule has 0 saturated heterocycles. The number of hydrogen-bond acceptors (Lipinski definition) is 2. The fourth-order valence-electron chi connectivity index (χ4n) is 4.63. The Bertz CT molecular complexity index is 683. The molecule has 0 N–H and O–H groups in total. The fourth-order valence-corrected chi connectivity index (χ4v) is 4.63. The minimum Gasteiger partial charge on any atom is -0.378 e. The van der Waals surface area contributed by atoms with E-state index in [4.69, 9.17) is 0 Å². The summed E-state index contributed by atoms with van der Waals surface area (Å²) in [6, 6.07) is 8.33. The Morgan fingerprint density at radius 2 is 1.92 bits per heavy atom. The number of nitrogens with zero attached hydrogens (tertiary/aromatic N) is 1. The predicted octanol–water partition coefficient (Wildman–Crippen LogP) is 5.50. The Morgan fingerprint density at radius 3 is 2.60 bits per heavy atom. The first kappa shape index (κ1) is 18.0. The Balaban J connectivity index is 1.65. The van der Waals surface area contributed by atoms with Crippen LogP contribution in [0.5, 0.6) is 0 Å². The van der Waals surface area contributed by atoms with E-state index in [1.165, 1.54) is 30.5 Å². The summed E-state index contributed by atoms with van der Waals surface area (Å²) >= 11 is 0. The minimum atomic E-state index is 0.192. The van der Waals surface area contributed by atoms with Gasteiger partial charge in [-0.1, -0.05) is 36.8 Å². The predicted molar refractivity (Wildman–Crippen MR) is 107 cm³/mol. The molecule has 0 bridgehead atoms. The molecular weight excluding hydrogens is 306 g/mol. The first-order chi connectivity index (χ1) is 11.9. The summed E-state index contributed by atoms with van der Waals surface area (Å²) in [6.45, 7) is 4.69. The highest BCUT2D eigenvalue weighted by Gasteiger charge is 2.42. The van der Waals surface area contributed by atoms with Crippen LogP contribution in [0.4, 0.5) is 5.69 Å². The number of carbonyl (C=O) groups excluding carboxylic acids is 1. The molecular formula is C23H31NO. The molecule has 134 valence electrons. The maximum atomic E-state index is 12.7. The lowest BCUT2D eigenvalue weighted by Crippen LogP contribution is -2.38. The van der Waals surface area contributed by atoms with Crippen molar-refractivity contribution in [3.8, 4) is 0 Å². The highest BCUT2D eigenvalue weighted by atomic mass is 16.1. The zero-order chi connectivity index (χ0) is 18.0. The first-order valence-electron chi connectivity index (χ1n) is 9.55. The van der Waals surface area contributed by atoms with Gasteiger partial charge in [-0.15, -0.1) is 0 Å². The lowest BCUT2D eigenvalue weighted by molar-refractivity contribution is -0.120. The van der Waals surface area contributed by atoms with Crippen molar-refractivity contribution in [1.29, 1.82) is 0 Å². The number of rotatable bonds is 4. The summed E-state index contributed by atoms with van der Waals surface area (Å²) in [5.41, 5.74) is 4.19. The Morgan fingerprint density at radius 1 is 1.20 bits per heavy atom. The van der Waals surface area contributed by atoms with Gasteiger partial charge in [0.25, 0.3) is 0 Å². The Kier molecular flexibility index (Phi) is 5.17. The fraction of sp³-hybridized carbons (Fsp3) is 0.522. The molecule has 25 heavy (non-hydrogen) atoms. The SMILES string of the molecule is CC1=CCC[C@@]2(C)CC[C@H](C(=O)/C=C/c3ccc(N(C)C)cc3)C[C@H]12. The number of benzene rings is 1. The van der Waals surface area contributed by atoms with Crippen molar-refractivity contribution >= 4 is 17.5 Å². The minimum absolute atomic E-state index is 0.192. The van der Waals surface area contributed by atoms with Gasteiger partial charge in [-0.05, 0) is 74.1 Å². The summed E-state index contributed by atoms with van der Waals surface area (Å²) < 4.78 is 0. The van der Waals surface area contributed by atoms with E-state index in [9.17, 15) is 4.79 Å². The number of fused-ring (bicyclic) bond motifs is 1. The monoisotopic (exact) mass is 337 g/mol. The molecule has 0 heterocycles. The van der Waals surface area contributed by atoms with Crippen molar-refractivity contribution < 1.29 is 4.79 Å². The number of hydrogen-bond donors (Lipinski definition) is 0. The largest absolute Gasteiger partial charge is 0.378 e. The van der Waals surface area contributed by atoms with Gasteiger partial charge in [0.2, 0.25) is 0 Å². The smallest absolute Gasteiger partial charge is 0.158 e. The number of allylic oxidation sites excluding steroid dienone is 3. The Labute approximate surface area is 152 Å². The van der Waals surface area contributed by atoms with Crippen molar-refractivity contribution in [2.45, 2.75) is 46.0 Å². The standard InChI is InChI=1S/C23H31NO/c1-17-6-5-14-23(2)15-13-19(16-21(17)23)22(25)12-9-18-7-10-20(11-8-18)24(3)4/h6-12,19,21H,5,13-16H2,1-4H3/b12-9+/t19-,21+,23-/m0/s1. The van der Waals surface area contributed by atoms with Gasteiger partial charge in [0.15, 0.2) is 5.78 Å². The molecule has 2 aliphatic carbocycles. The Hall–Kier alpha value is -1.83. The van der Waals surface area contributed by atoms with Gasteiger partial charge in [-0.25, -0.2) is 0 Å². The van der Waals surface area contributed by atoms with E-state index >= 15 is 0 Å². The maximum absolute atomic E-state index is 12.7. The summed E-state index contributed by atoms with van der Waals surface area (Å²) in [6.07, 6.45) is 11.9. The van der Waals surface area contributed by atoms with Gasteiger partial charge < -0.3 is 4.90 Å². The molecule has 3 atom stereocenters. The van der Waals surface area contributed by atoms with Crippen LogP contribution < -0.4 is 4.90 Å². The number of carbonyl (C=O) groups is 1. The molecule has 1 fully saturated rings. The highest BCUT2D eigenvalue weighted by molar-refractivity contribution is 5.95. The highest BCUT2D eigenvalue weighted by Crippen LogP contribution is 2.52. The summed E-state index contributed by atoms with van der Waals surface area (Å²) in [5, 5.41) is 0. The van der Waals surface area contributed by atoms with Crippen LogP contribution in [-0.4, -0.2) is 19.9 Å². The van der Waals surface area contributed by atoms with E-state index in [2.05, 4.69) is 49.1 Å². The van der Waals surface area contributed by atoms with E-state index in [0.717, 1.165) is 18.4 Å². The van der Waals surface area contributed by atoms with Gasteiger partial charge in [0.1, 0.15) is 0 Å². The summed E-state index contributed by atoms with van der Waals surface area (Å²) in [4.78, 5) is 14.8. The number of anilines is 1. The van der Waals surface area contributed by atoms with Crippen molar-refractivity contribution in [2.24, 2.45) is 17.3 Å². The van der Waals surface area contributed by atoms with Gasteiger partial charge in [-0.3, -0.25) is 4.79 Å². The average Bonchev–Trinajstić information content (AvgIpc) is 2.59. The van der Waals surface area contributed by atoms with E-state index < -0.39 is 0 Å². The van der Waals surface area contributed by atoms with Crippen LogP contribution in [0.2, 0.25) is 0 Å². The van der Waals surface area contributed by atoms with Crippen molar-refractivity contribution in [1.82, 2.24) is 0 Å². The van der Waals surface area contributed by atoms with E-state index in [1.807, 2.05) is 20.2 Å². The molecule has 0 spiro atoms. The van der Waals surface area contributed by atoms with E-state index in [-0.39, 0.29) is 5.92 Å². The average molecular weight is 338 g/mol. The molecule has 1 aromatic rings. The summed E-state index contributed by atoms with van der Waals surface area (Å²) in [7, 11) is 4.07. The van der Waals surface area contributed by atoms with E-state index in [0.29, 0.717) is 17.1 Å². The third kappa shape index (κ3) is 3.89. The van der Waals surface area contributed by atoms with Crippen LogP contribution in [0.3, 0.4) is 0 Å². The number of ketones is 1. The van der Waals surface area contributed by atoms with Gasteiger partial charge in [0.05, 0.1) is 0 Å². The molecule has 1 saturated carbocycles. The normalized spacial score (nSPS) is 29.2. The quantitative estimate of drug-likeness (QED) is 0.534. The van der Waals surface area contributed by atoms with Gasteiger partial charge in [0, 0.05) is 25.7 Å². The lowest BCUT2D eigenvalue weighted by atomic mass is 9.58. The molecule has 2 aliphatic rings. The second kappa shape index (κ2) is 7.19. The third-order valence-electron chi connectivity index (χ3n) is 6.41. The van der Waals surface area contributed by atoms with Crippen molar-refractivity contribution in [3.05, 3.63) is 47.6 Å². The van der Waals surface area contributed by atoms with Crippen LogP contribution in [0.15, 0.2) is 42.0 Å². The lowest BCUT2D eigenvalue weighted by Gasteiger charge is -2.47. The van der Waals surface area contributed by atoms with Crippen LogP contribution in [0, 0.1) is 17.3 Å². The molecule has 1 aromatic carbocycles. The van der Waals surface area contributed by atoms with Gasteiger partial charge >= 0.3 is 0 Å². The van der Waals surface area contributed by atoms with Gasteiger partial charge in [-0.2, -0.15) is 0 Å². The second-order valence-electron chi connectivity index (χ2n) is 8.39. The summed E-state index contributed by atoms with van der Waals surface area (Å²) in [5.74, 6) is 1.09. The molecule has 3 rings (SSSR count). The van der Waals surface area contributed by atoms with Crippen LogP contribution in [0.1, 0.15) is 51.5 Å². The molecule has 0 unspecified atom stereocenters. The van der Waals surface area contributed by atoms with Crippen LogP contribution >= 0.6 is 0 Å². The zero-order valence-corrected chi connectivity index (χ0v) is 16.1. The van der Waals surface area contributed by atoms with Crippen LogP contribution in [-0.2, 0) is 4.79 Å². The molecule has 2 nitrogen and oxygen atoms in total. The second-order valence-corrected chi connectivity index (χ2v) is 8.39. The zero-order valence-electron chi connectivity index (χ0n) is 16.1. The maximum Gasteiger partial charge on any atom is 0.158 e. The van der Waals surface area contributed by atoms with E-state index in [1.54, 1.807) is 6.08 Å². The first-order valence-corrected chi connectivity index (χ1v) is 9.55.